The van der Waals surface area contributed by atoms with E-state index < -0.39 is 22.5 Å². The van der Waals surface area contributed by atoms with Gasteiger partial charge in [0.2, 0.25) is 10.0 Å². The molecule has 0 amide bonds. The van der Waals surface area contributed by atoms with Gasteiger partial charge in [0.25, 0.3) is 0 Å². The average molecular weight is 334 g/mol. The zero-order valence-corrected chi connectivity index (χ0v) is 13.9. The van der Waals surface area contributed by atoms with Gasteiger partial charge in [-0.25, -0.2) is 8.42 Å². The van der Waals surface area contributed by atoms with Crippen molar-refractivity contribution >= 4 is 33.3 Å². The summed E-state index contributed by atoms with van der Waals surface area (Å²) in [6.07, 6.45) is 0.437. The zero-order chi connectivity index (χ0) is 16.3. The van der Waals surface area contributed by atoms with Gasteiger partial charge in [-0.1, -0.05) is 38.4 Å². The molecule has 0 fully saturated rings. The number of aliphatic carboxylic acids is 1. The number of benzene rings is 1. The molecule has 1 aromatic rings. The Bertz CT molecular complexity index is 608. The number of hydrogen-bond donors (Lipinski definition) is 1. The second-order valence-electron chi connectivity index (χ2n) is 6.01. The molecule has 5 nitrogen and oxygen atoms in total. The highest BCUT2D eigenvalue weighted by Gasteiger charge is 2.27. The Balaban J connectivity index is 3.10. The van der Waals surface area contributed by atoms with E-state index in [2.05, 4.69) is 0 Å². The lowest BCUT2D eigenvalue weighted by Gasteiger charge is -2.25. The van der Waals surface area contributed by atoms with Gasteiger partial charge in [-0.05, 0) is 30.0 Å². The summed E-state index contributed by atoms with van der Waals surface area (Å²) in [4.78, 5) is 11.0. The van der Waals surface area contributed by atoms with Crippen molar-refractivity contribution in [3.8, 4) is 0 Å². The van der Waals surface area contributed by atoms with Gasteiger partial charge in [0, 0.05) is 5.02 Å². The first-order valence-electron chi connectivity index (χ1n) is 6.49. The van der Waals surface area contributed by atoms with Gasteiger partial charge in [-0.15, -0.1) is 0 Å². The minimum atomic E-state index is -3.73. The van der Waals surface area contributed by atoms with Crippen molar-refractivity contribution in [2.75, 3.05) is 16.6 Å². The normalized spacial score (nSPS) is 12.2. The molecule has 0 bridgehead atoms. The lowest BCUT2D eigenvalue weighted by molar-refractivity contribution is -0.135. The Morgan fingerprint density at radius 1 is 1.33 bits per heavy atom. The van der Waals surface area contributed by atoms with Crippen LogP contribution in [0.25, 0.3) is 0 Å². The smallest absolute Gasteiger partial charge is 0.324 e. The highest BCUT2D eigenvalue weighted by molar-refractivity contribution is 7.92. The summed E-state index contributed by atoms with van der Waals surface area (Å²) in [5.41, 5.74) is 0.106. The number of nitrogens with zero attached hydrogens (tertiary/aromatic N) is 1. The van der Waals surface area contributed by atoms with E-state index in [9.17, 15) is 13.2 Å². The van der Waals surface area contributed by atoms with Crippen LogP contribution in [0.15, 0.2) is 24.3 Å². The molecule has 0 saturated heterocycles. The molecule has 0 spiro atoms. The van der Waals surface area contributed by atoms with Crippen molar-refractivity contribution in [3.63, 3.8) is 0 Å². The van der Waals surface area contributed by atoms with E-state index in [1.165, 1.54) is 12.1 Å². The highest BCUT2D eigenvalue weighted by atomic mass is 35.5. The van der Waals surface area contributed by atoms with Gasteiger partial charge < -0.3 is 5.11 Å². The molecule has 0 aliphatic heterocycles. The molecule has 0 aromatic heterocycles. The van der Waals surface area contributed by atoms with Crippen LogP contribution in [0.4, 0.5) is 5.69 Å². The molecule has 0 radical (unpaired) electrons. The fourth-order valence-corrected chi connectivity index (χ4v) is 3.67. The van der Waals surface area contributed by atoms with Crippen molar-refractivity contribution in [2.45, 2.75) is 27.2 Å². The van der Waals surface area contributed by atoms with Crippen LogP contribution in [-0.2, 0) is 14.8 Å². The lowest BCUT2D eigenvalue weighted by Crippen LogP contribution is -2.38. The number of hydrogen-bond acceptors (Lipinski definition) is 3. The minimum Gasteiger partial charge on any atom is -0.480 e. The summed E-state index contributed by atoms with van der Waals surface area (Å²) in [7, 11) is -3.73. The van der Waals surface area contributed by atoms with Crippen molar-refractivity contribution in [2.24, 2.45) is 5.41 Å². The zero-order valence-electron chi connectivity index (χ0n) is 12.3. The van der Waals surface area contributed by atoms with E-state index in [0.717, 1.165) is 4.31 Å². The second kappa shape index (κ2) is 6.66. The molecule has 1 rings (SSSR count). The number of halogens is 1. The summed E-state index contributed by atoms with van der Waals surface area (Å²) >= 11 is 5.86. The Kier molecular flexibility index (Phi) is 5.64. The van der Waals surface area contributed by atoms with Crippen LogP contribution in [0.2, 0.25) is 5.02 Å². The van der Waals surface area contributed by atoms with Crippen LogP contribution in [0, 0.1) is 5.41 Å². The fourth-order valence-electron chi connectivity index (χ4n) is 1.65. The predicted octanol–water partition coefficient (Wildman–Crippen LogP) is 3.00. The summed E-state index contributed by atoms with van der Waals surface area (Å²) < 4.78 is 25.8. The Morgan fingerprint density at radius 3 is 2.43 bits per heavy atom. The van der Waals surface area contributed by atoms with Crippen LogP contribution >= 0.6 is 11.6 Å². The van der Waals surface area contributed by atoms with Crippen LogP contribution in [0.1, 0.15) is 27.2 Å². The summed E-state index contributed by atoms with van der Waals surface area (Å²) in [5, 5.41) is 9.32. The Labute approximate surface area is 130 Å². The second-order valence-corrected chi connectivity index (χ2v) is 8.46. The van der Waals surface area contributed by atoms with Crippen molar-refractivity contribution in [1.82, 2.24) is 0 Å². The number of carboxylic acid groups (broad SMARTS) is 1. The molecule has 118 valence electrons. The third kappa shape index (κ3) is 5.93. The largest absolute Gasteiger partial charge is 0.480 e. The highest BCUT2D eigenvalue weighted by Crippen LogP contribution is 2.25. The maximum atomic E-state index is 12.4. The maximum Gasteiger partial charge on any atom is 0.324 e. The van der Waals surface area contributed by atoms with Gasteiger partial charge in [0.15, 0.2) is 0 Å². The van der Waals surface area contributed by atoms with Gasteiger partial charge in [0.05, 0.1) is 11.4 Å². The van der Waals surface area contributed by atoms with Crippen molar-refractivity contribution in [3.05, 3.63) is 29.3 Å². The van der Waals surface area contributed by atoms with Gasteiger partial charge in [-0.3, -0.25) is 9.10 Å². The Hall–Kier alpha value is -1.27. The minimum absolute atomic E-state index is 0.115. The summed E-state index contributed by atoms with van der Waals surface area (Å²) in [6, 6.07) is 6.17. The molecule has 0 aliphatic rings. The molecule has 0 unspecified atom stereocenters. The third-order valence-corrected chi connectivity index (χ3v) is 4.79. The fraction of sp³-hybridized carbons (Fsp3) is 0.500. The number of anilines is 1. The molecule has 0 saturated carbocycles. The van der Waals surface area contributed by atoms with Gasteiger partial charge in [-0.2, -0.15) is 0 Å². The van der Waals surface area contributed by atoms with E-state index >= 15 is 0 Å². The van der Waals surface area contributed by atoms with Crippen LogP contribution in [-0.4, -0.2) is 31.8 Å². The topological polar surface area (TPSA) is 74.7 Å². The standard InChI is InChI=1S/C14H20ClNO4S/c1-14(2,3)7-8-21(19,20)16(10-13(17)18)12-6-4-5-11(15)9-12/h4-6,9H,7-8,10H2,1-3H3,(H,17,18). The van der Waals surface area contributed by atoms with E-state index in [-0.39, 0.29) is 16.9 Å². The van der Waals surface area contributed by atoms with Crippen LogP contribution in [0.5, 0.6) is 0 Å². The van der Waals surface area contributed by atoms with E-state index in [0.29, 0.717) is 11.4 Å². The molecule has 21 heavy (non-hydrogen) atoms. The number of carboxylic acids is 1. The molecule has 0 heterocycles. The summed E-state index contributed by atoms with van der Waals surface area (Å²) in [5.74, 6) is -1.33. The lowest BCUT2D eigenvalue weighted by atomic mass is 9.94. The maximum absolute atomic E-state index is 12.4. The molecule has 0 aliphatic carbocycles. The first-order valence-corrected chi connectivity index (χ1v) is 8.48. The monoisotopic (exact) mass is 333 g/mol. The summed E-state index contributed by atoms with van der Waals surface area (Å²) in [6.45, 7) is 5.18. The van der Waals surface area contributed by atoms with E-state index in [1.807, 2.05) is 20.8 Å². The number of carbonyl (C=O) groups is 1. The van der Waals surface area contributed by atoms with Crippen LogP contribution in [0.3, 0.4) is 0 Å². The average Bonchev–Trinajstić information content (AvgIpc) is 2.32. The first-order chi connectivity index (χ1) is 9.51. The molecule has 7 heteroatoms. The van der Waals surface area contributed by atoms with Crippen molar-refractivity contribution < 1.29 is 18.3 Å². The third-order valence-electron chi connectivity index (χ3n) is 2.82. The first kappa shape index (κ1) is 17.8. The molecule has 0 atom stereocenters. The van der Waals surface area contributed by atoms with E-state index in [1.54, 1.807) is 12.1 Å². The molecule has 1 N–H and O–H groups in total. The molecular formula is C14H20ClNO4S. The Morgan fingerprint density at radius 2 is 1.95 bits per heavy atom. The van der Waals surface area contributed by atoms with Gasteiger partial charge in [0.1, 0.15) is 6.54 Å². The van der Waals surface area contributed by atoms with Crippen molar-refractivity contribution in [1.29, 1.82) is 0 Å². The quantitative estimate of drug-likeness (QED) is 0.868. The molecular weight excluding hydrogens is 314 g/mol. The number of sulfonamides is 1. The van der Waals surface area contributed by atoms with Crippen LogP contribution < -0.4 is 4.31 Å². The van der Waals surface area contributed by atoms with Gasteiger partial charge >= 0.3 is 5.97 Å². The predicted molar refractivity (Wildman–Crippen MR) is 84.3 cm³/mol. The van der Waals surface area contributed by atoms with E-state index in [4.69, 9.17) is 16.7 Å². The SMILES string of the molecule is CC(C)(C)CCS(=O)(=O)N(CC(=O)O)c1cccc(Cl)c1. The molecule has 1 aromatic carbocycles. The number of rotatable bonds is 6.